The smallest absolute Gasteiger partial charge is 0.269 e. The molecule has 0 aliphatic carbocycles. The van der Waals surface area contributed by atoms with Crippen molar-refractivity contribution in [1.82, 2.24) is 20.3 Å². The summed E-state index contributed by atoms with van der Waals surface area (Å²) in [4.78, 5) is 43.1. The molecule has 3 aromatic carbocycles. The third-order valence-corrected chi connectivity index (χ3v) is 15.6. The van der Waals surface area contributed by atoms with Gasteiger partial charge in [-0.1, -0.05) is 54.7 Å². The lowest BCUT2D eigenvalue weighted by atomic mass is 9.82. The second-order valence-electron chi connectivity index (χ2n) is 14.6. The Bertz CT molecular complexity index is 2020. The summed E-state index contributed by atoms with van der Waals surface area (Å²) < 4.78 is 14.4. The number of methoxy groups -OCH3 is 1. The van der Waals surface area contributed by atoms with Crippen molar-refractivity contribution < 1.29 is 29.1 Å². The van der Waals surface area contributed by atoms with E-state index in [1.165, 1.54) is 17.3 Å². The second kappa shape index (κ2) is 14.5. The number of fused-ring (bicyclic) bond motifs is 2. The van der Waals surface area contributed by atoms with Crippen molar-refractivity contribution in [3.05, 3.63) is 99.9 Å². The van der Waals surface area contributed by atoms with Crippen molar-refractivity contribution in [2.24, 2.45) is 5.92 Å². The van der Waals surface area contributed by atoms with Crippen molar-refractivity contribution in [3.8, 4) is 5.75 Å². The molecular formula is C38H45N7O7Si. The predicted molar refractivity (Wildman–Crippen MR) is 201 cm³/mol. The number of nitro benzene ring substituents is 1. The van der Waals surface area contributed by atoms with Crippen molar-refractivity contribution in [1.29, 1.82) is 0 Å². The Morgan fingerprint density at radius 2 is 1.92 bits per heavy atom. The quantitative estimate of drug-likeness (QED) is 0.125. The summed E-state index contributed by atoms with van der Waals surface area (Å²) in [5.74, 6) is 0.106. The van der Waals surface area contributed by atoms with Crippen LogP contribution in [0.15, 0.2) is 72.9 Å². The number of carbonyl (C=O) groups excluding carboxylic acids is 2. The van der Waals surface area contributed by atoms with E-state index in [4.69, 9.17) is 9.47 Å². The third kappa shape index (κ3) is 6.51. The number of hydrogen-bond acceptors (Lipinski definition) is 10. The molecule has 2 saturated heterocycles. The number of carbonyl (C=O) groups is 2. The highest BCUT2D eigenvalue weighted by molar-refractivity contribution is 6.91. The number of hydrogen-bond donors (Lipinski definition) is 2. The zero-order chi connectivity index (χ0) is 37.5. The zero-order valence-electron chi connectivity index (χ0n) is 30.4. The molecule has 1 aromatic heterocycles. The maximum absolute atomic E-state index is 15.2. The zero-order valence-corrected chi connectivity index (χ0v) is 31.4. The second-order valence-corrected chi connectivity index (χ2v) is 19.3. The number of aryl methyl sites for hydroxylation is 1. The maximum atomic E-state index is 15.2. The number of nitro groups is 1. The van der Waals surface area contributed by atoms with Crippen LogP contribution in [0, 0.1) is 16.0 Å². The number of rotatable bonds is 12. The minimum absolute atomic E-state index is 0.0216. The fourth-order valence-corrected chi connectivity index (χ4v) is 12.7. The number of benzene rings is 3. The molecule has 4 aromatic rings. The Morgan fingerprint density at radius 3 is 2.64 bits per heavy atom. The minimum Gasteiger partial charge on any atom is -0.497 e. The molecule has 7 rings (SSSR count). The number of non-ortho nitro benzene ring substituents is 1. The SMILES string of the molecule is COc1ccc([Si](C)(C)[C@H]2[C@H](CCn3cc(CCO)nn3)O[C@@]3(C(=O)N(Cc4cccc(N5CCNCC5=O)c4)c4ccc([N+](=O)[O-])cc43)[C@@H]2C)cc1. The molecule has 0 unspecified atom stereocenters. The van der Waals surface area contributed by atoms with E-state index >= 15 is 4.79 Å². The molecular weight excluding hydrogens is 695 g/mol. The molecule has 0 radical (unpaired) electrons. The first-order valence-corrected chi connectivity index (χ1v) is 21.1. The van der Waals surface area contributed by atoms with E-state index in [1.54, 1.807) is 27.7 Å². The lowest BCUT2D eigenvalue weighted by molar-refractivity contribution is -0.385. The molecule has 4 atom stereocenters. The van der Waals surface area contributed by atoms with Crippen LogP contribution < -0.4 is 25.0 Å². The average Bonchev–Trinajstić information content (AvgIpc) is 3.80. The van der Waals surface area contributed by atoms with E-state index in [0.29, 0.717) is 49.4 Å². The first-order chi connectivity index (χ1) is 25.5. The maximum Gasteiger partial charge on any atom is 0.269 e. The number of amides is 2. The van der Waals surface area contributed by atoms with Crippen LogP contribution in [0.1, 0.15) is 30.2 Å². The van der Waals surface area contributed by atoms with Gasteiger partial charge in [0.1, 0.15) is 5.75 Å². The first kappa shape index (κ1) is 36.4. The normalized spacial score (nSPS) is 22.8. The largest absolute Gasteiger partial charge is 0.497 e. The van der Waals surface area contributed by atoms with Gasteiger partial charge in [-0.3, -0.25) is 24.4 Å². The van der Waals surface area contributed by atoms with Gasteiger partial charge in [-0.25, -0.2) is 0 Å². The molecule has 0 bridgehead atoms. The summed E-state index contributed by atoms with van der Waals surface area (Å²) in [6.07, 6.45) is 2.32. The first-order valence-electron chi connectivity index (χ1n) is 18.0. The lowest BCUT2D eigenvalue weighted by Crippen LogP contribution is -2.51. The summed E-state index contributed by atoms with van der Waals surface area (Å²) in [6, 6.07) is 20.3. The van der Waals surface area contributed by atoms with E-state index in [9.17, 15) is 20.0 Å². The van der Waals surface area contributed by atoms with Gasteiger partial charge in [-0.05, 0) is 47.9 Å². The van der Waals surface area contributed by atoms with Crippen molar-refractivity contribution in [2.45, 2.75) is 63.2 Å². The van der Waals surface area contributed by atoms with E-state index in [-0.39, 0.29) is 48.7 Å². The summed E-state index contributed by atoms with van der Waals surface area (Å²) in [5.41, 5.74) is 1.65. The van der Waals surface area contributed by atoms with Gasteiger partial charge in [0.05, 0.1) is 50.7 Å². The van der Waals surface area contributed by atoms with Gasteiger partial charge in [0.2, 0.25) is 5.91 Å². The molecule has 15 heteroatoms. The van der Waals surface area contributed by atoms with E-state index in [0.717, 1.165) is 17.0 Å². The Balaban J connectivity index is 1.29. The van der Waals surface area contributed by atoms with Crippen LogP contribution in [0.2, 0.25) is 18.6 Å². The van der Waals surface area contributed by atoms with Crippen molar-refractivity contribution >= 4 is 42.1 Å². The molecule has 0 saturated carbocycles. The molecule has 278 valence electrons. The molecule has 53 heavy (non-hydrogen) atoms. The summed E-state index contributed by atoms with van der Waals surface area (Å²) in [7, 11) is -0.835. The van der Waals surface area contributed by atoms with Crippen LogP contribution in [0.4, 0.5) is 17.1 Å². The van der Waals surface area contributed by atoms with Crippen molar-refractivity contribution in [2.75, 3.05) is 43.2 Å². The van der Waals surface area contributed by atoms with Gasteiger partial charge in [0, 0.05) is 68.2 Å². The summed E-state index contributed by atoms with van der Waals surface area (Å²) in [6.45, 7) is 8.74. The third-order valence-electron chi connectivity index (χ3n) is 11.3. The highest BCUT2D eigenvalue weighted by atomic mass is 28.3. The van der Waals surface area contributed by atoms with Gasteiger partial charge in [-0.15, -0.1) is 5.10 Å². The molecule has 3 aliphatic heterocycles. The highest BCUT2D eigenvalue weighted by Crippen LogP contribution is 2.60. The molecule has 2 amide bonds. The van der Waals surface area contributed by atoms with Gasteiger partial charge in [0.15, 0.2) is 5.60 Å². The number of anilines is 2. The molecule has 2 fully saturated rings. The van der Waals surface area contributed by atoms with E-state index < -0.39 is 24.7 Å². The molecule has 4 heterocycles. The number of aliphatic hydroxyl groups is 1. The van der Waals surface area contributed by atoms with Gasteiger partial charge < -0.3 is 29.7 Å². The van der Waals surface area contributed by atoms with E-state index in [2.05, 4.69) is 47.8 Å². The number of piperazine rings is 1. The van der Waals surface area contributed by atoms with E-state index in [1.807, 2.05) is 42.6 Å². The molecule has 3 aliphatic rings. The van der Waals surface area contributed by atoms with Crippen LogP contribution in [0.5, 0.6) is 5.75 Å². The number of nitrogens with one attached hydrogen (secondary N) is 1. The number of ether oxygens (including phenoxy) is 2. The molecule has 14 nitrogen and oxygen atoms in total. The summed E-state index contributed by atoms with van der Waals surface area (Å²) >= 11 is 0. The Morgan fingerprint density at radius 1 is 1.13 bits per heavy atom. The highest BCUT2D eigenvalue weighted by Gasteiger charge is 2.66. The van der Waals surface area contributed by atoms with Crippen LogP contribution in [0.3, 0.4) is 0 Å². The number of nitrogens with zero attached hydrogens (tertiary/aromatic N) is 6. The Kier molecular flexibility index (Phi) is 9.93. The summed E-state index contributed by atoms with van der Waals surface area (Å²) in [5, 5.41) is 34.3. The molecule has 1 spiro atoms. The van der Waals surface area contributed by atoms with Gasteiger partial charge >= 0.3 is 0 Å². The molecule has 2 N–H and O–H groups in total. The monoisotopic (exact) mass is 739 g/mol. The predicted octanol–water partition coefficient (Wildman–Crippen LogP) is 3.52. The minimum atomic E-state index is -2.47. The van der Waals surface area contributed by atoms with Crippen LogP contribution in [-0.2, 0) is 39.4 Å². The van der Waals surface area contributed by atoms with Crippen LogP contribution in [-0.4, -0.2) is 84.4 Å². The number of aliphatic hydroxyl groups excluding tert-OH is 1. The standard InChI is InChI=1S/C38H45N7O7Si/c1-25-36(53(3,4)31-11-9-30(51-2)10-12-31)34(14-17-42-24-27(15-19-46)40-41-42)52-38(25)32-21-29(45(49)50)8-13-33(32)44(37(38)48)23-26-6-5-7-28(20-26)43-18-16-39-22-35(43)47/h5-13,20-21,24-25,34,36,39,46H,14-19,22-23H2,1-4H3/t25-,34+,36-,38+/m1/s1. The Hall–Kier alpha value is -4.96. The fraction of sp³-hybridized carbons (Fsp3) is 0.421. The average molecular weight is 740 g/mol. The van der Waals surface area contributed by atoms with Crippen LogP contribution >= 0.6 is 0 Å². The van der Waals surface area contributed by atoms with Gasteiger partial charge in [-0.2, -0.15) is 0 Å². The topological polar surface area (TPSA) is 165 Å². The number of aromatic nitrogens is 3. The van der Waals surface area contributed by atoms with Crippen LogP contribution in [0.25, 0.3) is 0 Å². The lowest BCUT2D eigenvalue weighted by Gasteiger charge is -2.37. The van der Waals surface area contributed by atoms with Gasteiger partial charge in [0.25, 0.3) is 11.6 Å². The fourth-order valence-electron chi connectivity index (χ4n) is 8.66. The van der Waals surface area contributed by atoms with Crippen molar-refractivity contribution in [3.63, 3.8) is 0 Å². The Labute approximate surface area is 308 Å².